The van der Waals surface area contributed by atoms with Crippen LogP contribution < -0.4 is 5.32 Å². The van der Waals surface area contributed by atoms with E-state index in [1.807, 2.05) is 0 Å². The fraction of sp³-hybridized carbons (Fsp3) is 0.448. The molecule has 1 aromatic heterocycles. The van der Waals surface area contributed by atoms with Crippen LogP contribution >= 0.6 is 0 Å². The standard InChI is InChI=1S/C29H32F3N3O3/c1-29(2,3)38-28(37)35-10-4-5-23(35)27(36)33-15-16-11-18(12-16)24-21-13-20(31)14-22(32)26(21)34-25(24)17-6-8-19(30)9-7-17/h6-9,13-14,16,18,23,34H,4-5,10-12,15H2,1-3H3,(H,33,36)/t16-,18-,23-/m0/s1. The Morgan fingerprint density at radius 3 is 2.47 bits per heavy atom. The van der Waals surface area contributed by atoms with Crippen molar-refractivity contribution in [3.63, 3.8) is 0 Å². The first-order valence-corrected chi connectivity index (χ1v) is 13.0. The molecule has 6 nitrogen and oxygen atoms in total. The molecule has 0 radical (unpaired) electrons. The van der Waals surface area contributed by atoms with Crippen LogP contribution in [0.2, 0.25) is 0 Å². The van der Waals surface area contributed by atoms with Crippen molar-refractivity contribution in [2.75, 3.05) is 13.1 Å². The van der Waals surface area contributed by atoms with Gasteiger partial charge in [-0.3, -0.25) is 9.69 Å². The molecule has 1 aliphatic heterocycles. The minimum atomic E-state index is -0.677. The van der Waals surface area contributed by atoms with Gasteiger partial charge in [0.1, 0.15) is 29.1 Å². The number of fused-ring (bicyclic) bond motifs is 1. The fourth-order valence-electron chi connectivity index (χ4n) is 5.59. The number of ether oxygens (including phenoxy) is 1. The Bertz CT molecular complexity index is 1360. The fourth-order valence-corrected chi connectivity index (χ4v) is 5.59. The van der Waals surface area contributed by atoms with Gasteiger partial charge in [0.05, 0.1) is 11.2 Å². The minimum absolute atomic E-state index is 0.0247. The Hall–Kier alpha value is -3.49. The number of hydrogen-bond acceptors (Lipinski definition) is 3. The maximum atomic E-state index is 14.6. The summed E-state index contributed by atoms with van der Waals surface area (Å²) in [5.41, 5.74) is 1.73. The van der Waals surface area contributed by atoms with E-state index in [-0.39, 0.29) is 29.1 Å². The van der Waals surface area contributed by atoms with Crippen LogP contribution in [0.4, 0.5) is 18.0 Å². The van der Waals surface area contributed by atoms with Crippen LogP contribution in [0, 0.1) is 23.4 Å². The van der Waals surface area contributed by atoms with Crippen molar-refractivity contribution >= 4 is 22.9 Å². The molecule has 1 atom stereocenters. The van der Waals surface area contributed by atoms with E-state index >= 15 is 0 Å². The van der Waals surface area contributed by atoms with E-state index in [4.69, 9.17) is 4.74 Å². The van der Waals surface area contributed by atoms with Crippen molar-refractivity contribution in [3.05, 3.63) is 59.4 Å². The number of hydrogen-bond donors (Lipinski definition) is 2. The molecule has 0 bridgehead atoms. The van der Waals surface area contributed by atoms with Gasteiger partial charge in [-0.25, -0.2) is 18.0 Å². The molecule has 2 fully saturated rings. The molecule has 1 saturated carbocycles. The van der Waals surface area contributed by atoms with E-state index in [2.05, 4.69) is 10.3 Å². The molecule has 3 aromatic rings. The van der Waals surface area contributed by atoms with Crippen LogP contribution in [0.5, 0.6) is 0 Å². The number of halogens is 3. The summed E-state index contributed by atoms with van der Waals surface area (Å²) in [4.78, 5) is 30.0. The van der Waals surface area contributed by atoms with Crippen molar-refractivity contribution < 1.29 is 27.5 Å². The quantitative estimate of drug-likeness (QED) is 0.411. The summed E-state index contributed by atoms with van der Waals surface area (Å²) in [5.74, 6) is -1.70. The second-order valence-corrected chi connectivity index (χ2v) is 11.3. The third-order valence-corrected chi connectivity index (χ3v) is 7.39. The number of nitrogens with zero attached hydrogens (tertiary/aromatic N) is 1. The molecule has 0 unspecified atom stereocenters. The molecule has 2 amide bonds. The van der Waals surface area contributed by atoms with Crippen LogP contribution in [-0.4, -0.2) is 46.6 Å². The second-order valence-electron chi connectivity index (χ2n) is 11.3. The summed E-state index contributed by atoms with van der Waals surface area (Å²) in [7, 11) is 0. The van der Waals surface area contributed by atoms with Gasteiger partial charge in [0.25, 0.3) is 0 Å². The zero-order valence-corrected chi connectivity index (χ0v) is 21.7. The number of carbonyl (C=O) groups excluding carboxylic acids is 2. The lowest BCUT2D eigenvalue weighted by molar-refractivity contribution is -0.125. The molecule has 1 saturated heterocycles. The number of amides is 2. The number of H-pyrrole nitrogens is 1. The molecule has 38 heavy (non-hydrogen) atoms. The summed E-state index contributed by atoms with van der Waals surface area (Å²) in [6, 6.07) is 7.54. The summed E-state index contributed by atoms with van der Waals surface area (Å²) in [6.45, 7) is 6.31. The van der Waals surface area contributed by atoms with Gasteiger partial charge in [-0.05, 0) is 99.7 Å². The van der Waals surface area contributed by atoms with E-state index in [1.54, 1.807) is 32.9 Å². The van der Waals surface area contributed by atoms with Crippen LogP contribution in [0.15, 0.2) is 36.4 Å². The summed E-state index contributed by atoms with van der Waals surface area (Å²) in [6.07, 6.45) is 2.29. The SMILES string of the molecule is CC(C)(C)OC(=O)N1CCC[C@H]1C(=O)NC[C@H]1C[C@H](c2c(-c3ccc(F)cc3)[nH]c3c(F)cc(F)cc32)C1. The lowest BCUT2D eigenvalue weighted by Crippen LogP contribution is -2.49. The number of benzene rings is 2. The van der Waals surface area contributed by atoms with Gasteiger partial charge >= 0.3 is 6.09 Å². The molecule has 0 spiro atoms. The minimum Gasteiger partial charge on any atom is -0.444 e. The highest BCUT2D eigenvalue weighted by molar-refractivity contribution is 5.92. The summed E-state index contributed by atoms with van der Waals surface area (Å²) < 4.78 is 47.7. The Kier molecular flexibility index (Phi) is 6.88. The molecular weight excluding hydrogens is 495 g/mol. The van der Waals surface area contributed by atoms with Crippen molar-refractivity contribution in [1.29, 1.82) is 0 Å². The first-order chi connectivity index (χ1) is 18.0. The largest absolute Gasteiger partial charge is 0.444 e. The van der Waals surface area contributed by atoms with E-state index in [1.165, 1.54) is 23.1 Å². The Labute approximate surface area is 219 Å². The van der Waals surface area contributed by atoms with Gasteiger partial charge in [0.15, 0.2) is 0 Å². The van der Waals surface area contributed by atoms with Crippen LogP contribution in [-0.2, 0) is 9.53 Å². The lowest BCUT2D eigenvalue weighted by atomic mass is 9.70. The number of likely N-dealkylation sites (tertiary alicyclic amines) is 1. The van der Waals surface area contributed by atoms with Crippen molar-refractivity contribution in [1.82, 2.24) is 15.2 Å². The number of rotatable bonds is 5. The summed E-state index contributed by atoms with van der Waals surface area (Å²) in [5, 5.41) is 3.47. The first-order valence-electron chi connectivity index (χ1n) is 13.0. The van der Waals surface area contributed by atoms with Crippen molar-refractivity contribution in [2.45, 2.75) is 64.0 Å². The molecule has 2 N–H and O–H groups in total. The Balaban J connectivity index is 1.27. The van der Waals surface area contributed by atoms with Crippen LogP contribution in [0.3, 0.4) is 0 Å². The molecule has 2 aliphatic rings. The molecule has 9 heteroatoms. The highest BCUT2D eigenvalue weighted by atomic mass is 19.1. The highest BCUT2D eigenvalue weighted by Crippen LogP contribution is 2.48. The van der Waals surface area contributed by atoms with Crippen molar-refractivity contribution in [2.24, 2.45) is 5.92 Å². The van der Waals surface area contributed by atoms with Gasteiger partial charge in [-0.15, -0.1) is 0 Å². The monoisotopic (exact) mass is 527 g/mol. The van der Waals surface area contributed by atoms with Gasteiger partial charge in [0, 0.05) is 24.5 Å². The zero-order valence-electron chi connectivity index (χ0n) is 21.7. The number of aromatic nitrogens is 1. The van der Waals surface area contributed by atoms with Crippen LogP contribution in [0.25, 0.3) is 22.2 Å². The maximum absolute atomic E-state index is 14.6. The predicted octanol–water partition coefficient (Wildman–Crippen LogP) is 6.26. The van der Waals surface area contributed by atoms with E-state index < -0.39 is 29.4 Å². The molecule has 2 aromatic carbocycles. The third-order valence-electron chi connectivity index (χ3n) is 7.39. The highest BCUT2D eigenvalue weighted by Gasteiger charge is 2.38. The maximum Gasteiger partial charge on any atom is 0.410 e. The first kappa shape index (κ1) is 26.1. The van der Waals surface area contributed by atoms with E-state index in [0.717, 1.165) is 30.9 Å². The smallest absolute Gasteiger partial charge is 0.410 e. The van der Waals surface area contributed by atoms with Gasteiger partial charge in [-0.2, -0.15) is 0 Å². The lowest BCUT2D eigenvalue weighted by Gasteiger charge is -2.36. The Morgan fingerprint density at radius 2 is 1.79 bits per heavy atom. The zero-order chi connectivity index (χ0) is 27.2. The third kappa shape index (κ3) is 5.24. The van der Waals surface area contributed by atoms with Crippen molar-refractivity contribution in [3.8, 4) is 11.3 Å². The second kappa shape index (κ2) is 10.0. The van der Waals surface area contributed by atoms with Crippen LogP contribution in [0.1, 0.15) is 57.9 Å². The normalized spacial score (nSPS) is 21.4. The number of carbonyl (C=O) groups is 2. The van der Waals surface area contributed by atoms with E-state index in [9.17, 15) is 22.8 Å². The van der Waals surface area contributed by atoms with E-state index in [0.29, 0.717) is 36.2 Å². The topological polar surface area (TPSA) is 74.4 Å². The van der Waals surface area contributed by atoms with Gasteiger partial charge in [0.2, 0.25) is 5.91 Å². The Morgan fingerprint density at radius 1 is 1.08 bits per heavy atom. The molecule has 2 heterocycles. The van der Waals surface area contributed by atoms with Gasteiger partial charge < -0.3 is 15.0 Å². The number of nitrogens with one attached hydrogen (secondary N) is 2. The molecule has 1 aliphatic carbocycles. The van der Waals surface area contributed by atoms with Gasteiger partial charge in [-0.1, -0.05) is 0 Å². The average molecular weight is 528 g/mol. The molecular formula is C29H32F3N3O3. The number of aromatic amines is 1. The summed E-state index contributed by atoms with van der Waals surface area (Å²) >= 11 is 0. The average Bonchev–Trinajstić information content (AvgIpc) is 3.43. The molecule has 202 valence electrons. The molecule has 5 rings (SSSR count). The predicted molar refractivity (Wildman–Crippen MR) is 138 cm³/mol.